The van der Waals surface area contributed by atoms with Crippen molar-refractivity contribution in [3.05, 3.63) is 52.7 Å². The summed E-state index contributed by atoms with van der Waals surface area (Å²) in [5.41, 5.74) is 7.22. The van der Waals surface area contributed by atoms with Gasteiger partial charge < -0.3 is 4.42 Å². The van der Waals surface area contributed by atoms with Gasteiger partial charge in [0.25, 0.3) is 5.91 Å². The number of rotatable bonds is 3. The highest BCUT2D eigenvalue weighted by Gasteiger charge is 2.27. The molecule has 0 fully saturated rings. The van der Waals surface area contributed by atoms with Crippen molar-refractivity contribution in [3.63, 3.8) is 0 Å². The Balaban J connectivity index is 1.88. The van der Waals surface area contributed by atoms with Crippen molar-refractivity contribution in [2.75, 3.05) is 0 Å². The van der Waals surface area contributed by atoms with Gasteiger partial charge >= 0.3 is 5.91 Å². The molecule has 1 aliphatic rings. The quantitative estimate of drug-likeness (QED) is 0.442. The van der Waals surface area contributed by atoms with E-state index >= 15 is 0 Å². The molecule has 0 saturated carbocycles. The van der Waals surface area contributed by atoms with E-state index in [4.69, 9.17) is 10.3 Å². The van der Waals surface area contributed by atoms with Gasteiger partial charge in [-0.05, 0) is 31.9 Å². The fourth-order valence-corrected chi connectivity index (χ4v) is 2.75. The fraction of sp³-hybridized carbons (Fsp3) is 0.250. The summed E-state index contributed by atoms with van der Waals surface area (Å²) in [6.45, 7) is 1.78. The highest BCUT2D eigenvalue weighted by Crippen LogP contribution is 2.29. The lowest BCUT2D eigenvalue weighted by molar-refractivity contribution is 0.0921. The van der Waals surface area contributed by atoms with Gasteiger partial charge in [0.1, 0.15) is 5.76 Å². The Bertz CT molecular complexity index is 811. The number of hydrogen-bond donors (Lipinski definition) is 3. The lowest BCUT2D eigenvalue weighted by atomic mass is 9.93. The number of hydrazone groups is 1. The Morgan fingerprint density at radius 3 is 2.71 bits per heavy atom. The number of nitrogens with two attached hydrogens (primary N) is 1. The first kappa shape index (κ1) is 15.9. The first-order valence-corrected chi connectivity index (χ1v) is 7.52. The third kappa shape index (κ3) is 2.91. The van der Waals surface area contributed by atoms with Crippen LogP contribution in [0.4, 0.5) is 0 Å². The number of aryl methyl sites for hydroxylation is 1. The SMILES string of the molecule is Cc1c(C(=O)NN)oc2c1/C(=N/NC(=O)c1ccncc1)CCC2. The second kappa shape index (κ2) is 6.63. The minimum atomic E-state index is -0.484. The van der Waals surface area contributed by atoms with Crippen LogP contribution < -0.4 is 16.7 Å². The minimum absolute atomic E-state index is 0.178. The maximum atomic E-state index is 12.1. The molecule has 0 bridgehead atoms. The van der Waals surface area contributed by atoms with Crippen LogP contribution in [-0.2, 0) is 6.42 Å². The van der Waals surface area contributed by atoms with Crippen LogP contribution in [0.25, 0.3) is 0 Å². The highest BCUT2D eigenvalue weighted by atomic mass is 16.4. The van der Waals surface area contributed by atoms with Gasteiger partial charge in [0.05, 0.1) is 5.71 Å². The highest BCUT2D eigenvalue weighted by molar-refractivity contribution is 6.07. The molecule has 2 aromatic heterocycles. The molecule has 8 nitrogen and oxygen atoms in total. The van der Waals surface area contributed by atoms with Crippen molar-refractivity contribution < 1.29 is 14.0 Å². The van der Waals surface area contributed by atoms with Gasteiger partial charge in [0, 0.05) is 35.5 Å². The van der Waals surface area contributed by atoms with Crippen molar-refractivity contribution in [3.8, 4) is 0 Å². The zero-order valence-electron chi connectivity index (χ0n) is 13.1. The third-order valence-electron chi connectivity index (χ3n) is 3.90. The molecule has 24 heavy (non-hydrogen) atoms. The molecule has 0 aromatic carbocycles. The number of fused-ring (bicyclic) bond motifs is 1. The summed E-state index contributed by atoms with van der Waals surface area (Å²) in [4.78, 5) is 27.7. The van der Waals surface area contributed by atoms with E-state index in [9.17, 15) is 9.59 Å². The van der Waals surface area contributed by atoms with Crippen LogP contribution in [0, 0.1) is 6.92 Å². The number of hydrazine groups is 1. The average molecular weight is 327 g/mol. The maximum absolute atomic E-state index is 12.1. The number of aromatic nitrogens is 1. The Morgan fingerprint density at radius 1 is 1.25 bits per heavy atom. The molecule has 2 heterocycles. The number of pyridine rings is 1. The first-order chi connectivity index (χ1) is 11.6. The van der Waals surface area contributed by atoms with E-state index < -0.39 is 5.91 Å². The average Bonchev–Trinajstić information content (AvgIpc) is 2.97. The monoisotopic (exact) mass is 327 g/mol. The van der Waals surface area contributed by atoms with Crippen LogP contribution in [0.2, 0.25) is 0 Å². The van der Waals surface area contributed by atoms with Crippen molar-refractivity contribution >= 4 is 17.5 Å². The molecule has 0 aliphatic heterocycles. The van der Waals surface area contributed by atoms with E-state index in [1.165, 1.54) is 0 Å². The van der Waals surface area contributed by atoms with E-state index in [-0.39, 0.29) is 11.7 Å². The first-order valence-electron chi connectivity index (χ1n) is 7.52. The molecule has 124 valence electrons. The largest absolute Gasteiger partial charge is 0.455 e. The second-order valence-corrected chi connectivity index (χ2v) is 5.42. The lowest BCUT2D eigenvalue weighted by Gasteiger charge is -2.13. The predicted octanol–water partition coefficient (Wildman–Crippen LogP) is 1.06. The van der Waals surface area contributed by atoms with Crippen LogP contribution >= 0.6 is 0 Å². The number of furan rings is 1. The Hall–Kier alpha value is -3.00. The van der Waals surface area contributed by atoms with Gasteiger partial charge in [0.15, 0.2) is 5.76 Å². The molecule has 2 amide bonds. The number of nitrogens with zero attached hydrogens (tertiary/aromatic N) is 2. The minimum Gasteiger partial charge on any atom is -0.455 e. The van der Waals surface area contributed by atoms with Crippen LogP contribution in [0.5, 0.6) is 0 Å². The molecule has 4 N–H and O–H groups in total. The zero-order chi connectivity index (χ0) is 17.1. The van der Waals surface area contributed by atoms with Crippen molar-refractivity contribution in [2.24, 2.45) is 10.9 Å². The van der Waals surface area contributed by atoms with E-state index in [2.05, 4.69) is 20.9 Å². The lowest BCUT2D eigenvalue weighted by Crippen LogP contribution is -2.30. The molecule has 0 saturated heterocycles. The Kier molecular flexibility index (Phi) is 4.39. The summed E-state index contributed by atoms with van der Waals surface area (Å²) in [5.74, 6) is 5.24. The maximum Gasteiger partial charge on any atom is 0.301 e. The standard InChI is InChI=1S/C16H17N5O3/c1-9-13-11(20-21-15(22)10-5-7-18-8-6-10)3-2-4-12(13)24-14(9)16(23)19-17/h5-8H,2-4,17H2,1H3,(H,19,23)(H,21,22)/b20-11+. The van der Waals surface area contributed by atoms with E-state index in [1.54, 1.807) is 31.5 Å². The number of nitrogen functional groups attached to an aromatic ring is 1. The van der Waals surface area contributed by atoms with E-state index in [1.807, 2.05) is 0 Å². The molecule has 0 atom stereocenters. The zero-order valence-corrected chi connectivity index (χ0v) is 13.1. The van der Waals surface area contributed by atoms with Crippen molar-refractivity contribution in [2.45, 2.75) is 26.2 Å². The molecular formula is C16H17N5O3. The normalized spacial score (nSPS) is 15.0. The van der Waals surface area contributed by atoms with Crippen LogP contribution in [0.3, 0.4) is 0 Å². The molecule has 0 radical (unpaired) electrons. The van der Waals surface area contributed by atoms with Crippen molar-refractivity contribution in [1.82, 2.24) is 15.8 Å². The molecule has 8 heteroatoms. The topological polar surface area (TPSA) is 123 Å². The number of carbonyl (C=O) groups is 2. The molecule has 2 aromatic rings. The summed E-state index contributed by atoms with van der Waals surface area (Å²) in [6.07, 6.45) is 5.31. The van der Waals surface area contributed by atoms with Crippen molar-refractivity contribution in [1.29, 1.82) is 0 Å². The molecule has 0 spiro atoms. The Labute approximate surface area is 138 Å². The van der Waals surface area contributed by atoms with Gasteiger partial charge in [-0.25, -0.2) is 11.3 Å². The van der Waals surface area contributed by atoms with Crippen LogP contribution in [0.15, 0.2) is 34.0 Å². The summed E-state index contributed by atoms with van der Waals surface area (Å²) >= 11 is 0. The number of nitrogens with one attached hydrogen (secondary N) is 2. The van der Waals surface area contributed by atoms with Crippen LogP contribution in [0.1, 0.15) is 50.6 Å². The molecular weight excluding hydrogens is 310 g/mol. The third-order valence-corrected chi connectivity index (χ3v) is 3.90. The number of hydrogen-bond acceptors (Lipinski definition) is 6. The van der Waals surface area contributed by atoms with Gasteiger partial charge in [-0.2, -0.15) is 5.10 Å². The van der Waals surface area contributed by atoms with Crippen LogP contribution in [-0.4, -0.2) is 22.5 Å². The summed E-state index contributed by atoms with van der Waals surface area (Å²) in [6, 6.07) is 3.21. The van der Waals surface area contributed by atoms with Gasteiger partial charge in [0.2, 0.25) is 0 Å². The summed E-state index contributed by atoms with van der Waals surface area (Å²) in [5, 5.41) is 4.23. The number of carbonyl (C=O) groups excluding carboxylic acids is 2. The molecule has 0 unspecified atom stereocenters. The van der Waals surface area contributed by atoms with Gasteiger partial charge in [-0.1, -0.05) is 0 Å². The van der Waals surface area contributed by atoms with Gasteiger partial charge in [-0.3, -0.25) is 20.0 Å². The second-order valence-electron chi connectivity index (χ2n) is 5.42. The summed E-state index contributed by atoms with van der Waals surface area (Å²) < 4.78 is 5.62. The predicted molar refractivity (Wildman–Crippen MR) is 86.3 cm³/mol. The smallest absolute Gasteiger partial charge is 0.301 e. The summed E-state index contributed by atoms with van der Waals surface area (Å²) in [7, 11) is 0. The van der Waals surface area contributed by atoms with E-state index in [0.29, 0.717) is 35.4 Å². The van der Waals surface area contributed by atoms with E-state index in [0.717, 1.165) is 12.0 Å². The Morgan fingerprint density at radius 2 is 2.00 bits per heavy atom. The van der Waals surface area contributed by atoms with Gasteiger partial charge in [-0.15, -0.1) is 0 Å². The molecule has 1 aliphatic carbocycles. The molecule has 3 rings (SSSR count). The fourth-order valence-electron chi connectivity index (χ4n) is 2.75. The number of amides is 2.